The Morgan fingerprint density at radius 1 is 1.33 bits per heavy atom. The highest BCUT2D eigenvalue weighted by atomic mass is 16.6. The van der Waals surface area contributed by atoms with E-state index < -0.39 is 5.60 Å². The van der Waals surface area contributed by atoms with E-state index in [-0.39, 0.29) is 23.8 Å². The summed E-state index contributed by atoms with van der Waals surface area (Å²) in [5.74, 6) is 0.795. The van der Waals surface area contributed by atoms with Gasteiger partial charge in [0.1, 0.15) is 11.4 Å². The summed E-state index contributed by atoms with van der Waals surface area (Å²) < 4.78 is 5.48. The molecule has 0 aromatic carbocycles. The fourth-order valence-corrected chi connectivity index (χ4v) is 3.08. The van der Waals surface area contributed by atoms with Gasteiger partial charge in [0.05, 0.1) is 11.3 Å². The zero-order valence-corrected chi connectivity index (χ0v) is 15.4. The van der Waals surface area contributed by atoms with Crippen molar-refractivity contribution in [3.8, 4) is 0 Å². The molecule has 1 fully saturated rings. The van der Waals surface area contributed by atoms with Gasteiger partial charge in [-0.2, -0.15) is 0 Å². The molecule has 6 heteroatoms. The maximum Gasteiger partial charge on any atom is 0.410 e. The topological polar surface area (TPSA) is 72.4 Å². The van der Waals surface area contributed by atoms with Crippen LogP contribution in [0.3, 0.4) is 0 Å². The number of ether oxygens (including phenoxy) is 1. The second-order valence-electron chi connectivity index (χ2n) is 7.52. The van der Waals surface area contributed by atoms with Crippen LogP contribution in [0, 0.1) is 6.92 Å². The minimum atomic E-state index is -0.501. The molecule has 0 radical (unpaired) electrons. The molecule has 6 nitrogen and oxygen atoms in total. The summed E-state index contributed by atoms with van der Waals surface area (Å²) >= 11 is 0. The molecular formula is C18H27N3O3. The SMILES string of the molecule is CC(=O)c1cnc(C)nc1C1CCN(C(=O)OC(C)(C)C)C(C)C1. The average molecular weight is 333 g/mol. The second kappa shape index (κ2) is 6.87. The lowest BCUT2D eigenvalue weighted by molar-refractivity contribution is 0.0102. The van der Waals surface area contributed by atoms with Gasteiger partial charge in [0.2, 0.25) is 0 Å². The largest absolute Gasteiger partial charge is 0.444 e. The molecule has 1 aromatic heterocycles. The van der Waals surface area contributed by atoms with Gasteiger partial charge in [-0.15, -0.1) is 0 Å². The molecule has 132 valence electrons. The van der Waals surface area contributed by atoms with Gasteiger partial charge in [0.15, 0.2) is 5.78 Å². The van der Waals surface area contributed by atoms with Crippen molar-refractivity contribution < 1.29 is 14.3 Å². The normalized spacial score (nSPS) is 21.5. The van der Waals surface area contributed by atoms with Crippen molar-refractivity contribution in [3.63, 3.8) is 0 Å². The van der Waals surface area contributed by atoms with Gasteiger partial charge in [-0.05, 0) is 54.4 Å². The quantitative estimate of drug-likeness (QED) is 0.775. The molecule has 0 saturated carbocycles. The number of carbonyl (C=O) groups is 2. The first-order valence-corrected chi connectivity index (χ1v) is 8.42. The van der Waals surface area contributed by atoms with E-state index in [9.17, 15) is 9.59 Å². The number of aromatic nitrogens is 2. The van der Waals surface area contributed by atoms with Crippen LogP contribution in [0.2, 0.25) is 0 Å². The first-order valence-electron chi connectivity index (χ1n) is 8.42. The van der Waals surface area contributed by atoms with Crippen LogP contribution in [-0.4, -0.2) is 44.9 Å². The van der Waals surface area contributed by atoms with Gasteiger partial charge in [-0.3, -0.25) is 4.79 Å². The van der Waals surface area contributed by atoms with E-state index in [0.717, 1.165) is 18.5 Å². The zero-order chi connectivity index (χ0) is 18.1. The molecule has 0 aliphatic carbocycles. The van der Waals surface area contributed by atoms with Crippen LogP contribution in [0.15, 0.2) is 6.20 Å². The van der Waals surface area contributed by atoms with E-state index in [4.69, 9.17) is 4.74 Å². The molecule has 1 saturated heterocycles. The van der Waals surface area contributed by atoms with Crippen LogP contribution in [0.25, 0.3) is 0 Å². The highest BCUT2D eigenvalue weighted by molar-refractivity contribution is 5.95. The Balaban J connectivity index is 2.15. The Bertz CT molecular complexity index is 637. The fraction of sp³-hybridized carbons (Fsp3) is 0.667. The predicted molar refractivity (Wildman–Crippen MR) is 91.2 cm³/mol. The van der Waals surface area contributed by atoms with E-state index in [2.05, 4.69) is 9.97 Å². The van der Waals surface area contributed by atoms with Crippen LogP contribution < -0.4 is 0 Å². The number of piperidine rings is 1. The van der Waals surface area contributed by atoms with Crippen LogP contribution in [0.4, 0.5) is 4.79 Å². The van der Waals surface area contributed by atoms with Crippen molar-refractivity contribution in [3.05, 3.63) is 23.3 Å². The van der Waals surface area contributed by atoms with Crippen LogP contribution in [0.5, 0.6) is 0 Å². The molecule has 1 aromatic rings. The van der Waals surface area contributed by atoms with E-state index >= 15 is 0 Å². The molecule has 2 atom stereocenters. The van der Waals surface area contributed by atoms with Gasteiger partial charge in [0.25, 0.3) is 0 Å². The van der Waals surface area contributed by atoms with Crippen molar-refractivity contribution in [2.75, 3.05) is 6.54 Å². The van der Waals surface area contributed by atoms with Crippen LogP contribution >= 0.6 is 0 Å². The summed E-state index contributed by atoms with van der Waals surface area (Å²) in [5, 5.41) is 0. The summed E-state index contributed by atoms with van der Waals surface area (Å²) in [7, 11) is 0. The first kappa shape index (κ1) is 18.4. The minimum Gasteiger partial charge on any atom is -0.444 e. The maximum absolute atomic E-state index is 12.3. The molecule has 0 spiro atoms. The summed E-state index contributed by atoms with van der Waals surface area (Å²) in [6.45, 7) is 11.6. The highest BCUT2D eigenvalue weighted by Crippen LogP contribution is 2.33. The highest BCUT2D eigenvalue weighted by Gasteiger charge is 2.34. The van der Waals surface area contributed by atoms with E-state index in [1.807, 2.05) is 34.6 Å². The maximum atomic E-state index is 12.3. The molecular weight excluding hydrogens is 306 g/mol. The number of Topliss-reactive ketones (excluding diaryl/α,β-unsaturated/α-hetero) is 1. The molecule has 1 aliphatic heterocycles. The third kappa shape index (κ3) is 4.30. The van der Waals surface area contributed by atoms with Crippen molar-refractivity contribution in [1.82, 2.24) is 14.9 Å². The summed E-state index contributed by atoms with van der Waals surface area (Å²) in [6, 6.07) is 0.0358. The third-order valence-electron chi connectivity index (χ3n) is 4.21. The zero-order valence-electron chi connectivity index (χ0n) is 15.4. The number of rotatable bonds is 2. The smallest absolute Gasteiger partial charge is 0.410 e. The van der Waals surface area contributed by atoms with Gasteiger partial charge >= 0.3 is 6.09 Å². The van der Waals surface area contributed by atoms with Crippen LogP contribution in [-0.2, 0) is 4.74 Å². The second-order valence-corrected chi connectivity index (χ2v) is 7.52. The number of likely N-dealkylation sites (tertiary alicyclic amines) is 1. The first-order chi connectivity index (χ1) is 11.1. The average Bonchev–Trinajstić information content (AvgIpc) is 2.44. The monoisotopic (exact) mass is 333 g/mol. The lowest BCUT2D eigenvalue weighted by Crippen LogP contribution is -2.46. The fourth-order valence-electron chi connectivity index (χ4n) is 3.08. The number of aryl methyl sites for hydroxylation is 1. The Labute approximate surface area is 143 Å². The van der Waals surface area contributed by atoms with Gasteiger partial charge < -0.3 is 9.64 Å². The molecule has 24 heavy (non-hydrogen) atoms. The standard InChI is InChI=1S/C18H27N3O3/c1-11-9-14(7-8-21(11)17(23)24-18(4,5)6)16-15(12(2)22)10-19-13(3)20-16/h10-11,14H,7-9H2,1-6H3. The Hall–Kier alpha value is -1.98. The van der Waals surface area contributed by atoms with E-state index in [0.29, 0.717) is 17.9 Å². The Morgan fingerprint density at radius 3 is 2.54 bits per heavy atom. The van der Waals surface area contributed by atoms with Crippen molar-refractivity contribution in [2.24, 2.45) is 0 Å². The van der Waals surface area contributed by atoms with Crippen LogP contribution in [0.1, 0.15) is 75.3 Å². The molecule has 2 rings (SSSR count). The third-order valence-corrected chi connectivity index (χ3v) is 4.21. The summed E-state index contributed by atoms with van der Waals surface area (Å²) in [4.78, 5) is 34.6. The number of amides is 1. The number of hydrogen-bond donors (Lipinski definition) is 0. The van der Waals surface area contributed by atoms with E-state index in [1.165, 1.54) is 6.92 Å². The molecule has 0 N–H and O–H groups in total. The van der Waals surface area contributed by atoms with Gasteiger partial charge in [-0.25, -0.2) is 14.8 Å². The van der Waals surface area contributed by atoms with Crippen molar-refractivity contribution >= 4 is 11.9 Å². The van der Waals surface area contributed by atoms with Gasteiger partial charge in [-0.1, -0.05) is 0 Å². The molecule has 2 unspecified atom stereocenters. The minimum absolute atomic E-state index is 0.0211. The van der Waals surface area contributed by atoms with Gasteiger partial charge in [0, 0.05) is 24.7 Å². The summed E-state index contributed by atoms with van der Waals surface area (Å²) in [5.41, 5.74) is 0.897. The van der Waals surface area contributed by atoms with Crippen molar-refractivity contribution in [1.29, 1.82) is 0 Å². The number of hydrogen-bond acceptors (Lipinski definition) is 5. The molecule has 0 bridgehead atoms. The number of carbonyl (C=O) groups excluding carboxylic acids is 2. The Kier molecular flexibility index (Phi) is 5.26. The lowest BCUT2D eigenvalue weighted by atomic mass is 9.86. The summed E-state index contributed by atoms with van der Waals surface area (Å²) in [6.07, 6.45) is 2.86. The van der Waals surface area contributed by atoms with E-state index in [1.54, 1.807) is 11.1 Å². The van der Waals surface area contributed by atoms with Crippen molar-refractivity contribution in [2.45, 2.75) is 71.9 Å². The molecule has 1 aliphatic rings. The predicted octanol–water partition coefficient (Wildman–Crippen LogP) is 3.49. The molecule has 1 amide bonds. The molecule has 2 heterocycles. The lowest BCUT2D eigenvalue weighted by Gasteiger charge is -2.38. The number of nitrogens with zero attached hydrogens (tertiary/aromatic N) is 3. The Morgan fingerprint density at radius 2 is 2.00 bits per heavy atom. The number of ketones is 1.